The largest absolute Gasteiger partial charge is 1.00 e. The maximum atomic E-state index is 13.1. The van der Waals surface area contributed by atoms with Gasteiger partial charge in [-0.2, -0.15) is 9.45 Å². The van der Waals surface area contributed by atoms with Crippen molar-refractivity contribution in [1.82, 2.24) is 0 Å². The molecule has 0 atom stereocenters. The molecule has 0 unspecified atom stereocenters. The van der Waals surface area contributed by atoms with Gasteiger partial charge < -0.3 is 40.2 Å². The van der Waals surface area contributed by atoms with Crippen molar-refractivity contribution in [2.75, 3.05) is 50.1 Å². The minimum absolute atomic E-state index is 0. The van der Waals surface area contributed by atoms with E-state index in [4.69, 9.17) is 17.8 Å². The zero-order valence-electron chi connectivity index (χ0n) is 34.6. The molecule has 0 amide bonds. The summed E-state index contributed by atoms with van der Waals surface area (Å²) in [5.74, 6) is -3.19. The van der Waals surface area contributed by atoms with Crippen LogP contribution in [-0.4, -0.2) is 79.7 Å². The Morgan fingerprint density at radius 1 is 0.662 bits per heavy atom. The fraction of sp³-hybridized carbons (Fsp3) is 0.241. The third-order valence-corrected chi connectivity index (χ3v) is 12.6. The van der Waals surface area contributed by atoms with Crippen molar-refractivity contribution in [3.05, 3.63) is 54.6 Å². The molecule has 0 bridgehead atoms. The van der Waals surface area contributed by atoms with Crippen LogP contribution in [-0.2, 0) is 66.3 Å². The van der Waals surface area contributed by atoms with E-state index in [1.165, 1.54) is 56.7 Å². The molecule has 0 aliphatic heterocycles. The van der Waals surface area contributed by atoms with Crippen LogP contribution in [0.25, 0.3) is 10.8 Å². The maximum absolute atomic E-state index is 13.1. The fourth-order valence-corrected chi connectivity index (χ4v) is 8.58. The van der Waals surface area contributed by atoms with Crippen LogP contribution in [0.2, 0.25) is 0 Å². The van der Waals surface area contributed by atoms with Crippen LogP contribution in [0.3, 0.4) is 0 Å². The molecule has 65 heavy (non-hydrogen) atoms. The number of rotatable bonds is 26. The molecule has 334 valence electrons. The number of sulfone groups is 2. The number of nitrogens with zero attached hydrogens (tertiary/aromatic N) is 4. The van der Waals surface area contributed by atoms with Gasteiger partial charge in [0, 0.05) is 22.9 Å². The third kappa shape index (κ3) is 19.9. The molecule has 4 aromatic rings. The van der Waals surface area contributed by atoms with Crippen molar-refractivity contribution in [2.45, 2.75) is 14.7 Å². The van der Waals surface area contributed by atoms with Crippen LogP contribution in [0.5, 0.6) is 17.2 Å². The molecule has 0 fully saturated rings. The topological polar surface area (TPSA) is 369 Å². The predicted octanol–water partition coefficient (Wildman–Crippen LogP) is -9.29. The predicted molar refractivity (Wildman–Crippen MR) is 202 cm³/mol. The van der Waals surface area contributed by atoms with E-state index in [-0.39, 0.29) is 227 Å². The summed E-state index contributed by atoms with van der Waals surface area (Å²) >= 11 is 0.499. The zero-order valence-corrected chi connectivity index (χ0v) is 47.5. The fourth-order valence-electron chi connectivity index (χ4n) is 4.78. The van der Waals surface area contributed by atoms with Crippen LogP contribution in [0, 0.1) is 0 Å². The average molecular weight is 1070 g/mol. The number of hydrogen-bond acceptors (Lipinski definition) is 29. The summed E-state index contributed by atoms with van der Waals surface area (Å²) in [6.07, 6.45) is 0. The number of fused-ring (bicyclic) bond motifs is 1. The summed E-state index contributed by atoms with van der Waals surface area (Å²) < 4.78 is 119. The van der Waals surface area contributed by atoms with E-state index in [1.54, 1.807) is 0 Å². The van der Waals surface area contributed by atoms with Gasteiger partial charge in [-0.25, -0.2) is 25.3 Å². The second-order valence-corrected chi connectivity index (χ2v) is 18.3. The molecule has 36 heteroatoms. The van der Waals surface area contributed by atoms with E-state index in [2.05, 4.69) is 53.9 Å². The number of nitrogens with one attached hydrogen (secondary N) is 1. The SMILES string of the molecule is COc1cc(S(=O)(=O)CCOSOO[O-])c(OC)cc1N=Nc1c(SOO[O-])cc2c(N=Nc3ccc(S(=O)(=O)CCOSOO[O-])cc3)c(NCS(=O)(=O)[O-])ccc2c1O.[Na+].[Na+].[Na+].[Na+]. The molecule has 0 saturated carbocycles. The van der Waals surface area contributed by atoms with Gasteiger partial charge in [-0.3, -0.25) is 23.5 Å². The smallest absolute Gasteiger partial charge is 0.747 e. The van der Waals surface area contributed by atoms with Gasteiger partial charge in [-0.1, -0.05) is 0 Å². The molecule has 4 rings (SSSR count). The van der Waals surface area contributed by atoms with Crippen molar-refractivity contribution >= 4 is 106 Å². The first-order chi connectivity index (χ1) is 29.1. The summed E-state index contributed by atoms with van der Waals surface area (Å²) in [5.41, 5.74) is -0.675. The molecule has 26 nitrogen and oxygen atoms in total. The second-order valence-electron chi connectivity index (χ2n) is 11.0. The summed E-state index contributed by atoms with van der Waals surface area (Å²) in [4.78, 5) is -0.654. The van der Waals surface area contributed by atoms with Crippen molar-refractivity contribution < 1.29 is 215 Å². The Morgan fingerprint density at radius 3 is 1.78 bits per heavy atom. The van der Waals surface area contributed by atoms with Crippen LogP contribution >= 0.6 is 36.7 Å². The summed E-state index contributed by atoms with van der Waals surface area (Å²) in [5, 5.41) is 70.7. The van der Waals surface area contributed by atoms with Gasteiger partial charge in [0.25, 0.3) is 0 Å². The number of hydrogen-bond donors (Lipinski definition) is 2. The van der Waals surface area contributed by atoms with Gasteiger partial charge >= 0.3 is 118 Å². The molecular formula is C29H27N5Na4O21S6. The minimum Gasteiger partial charge on any atom is -0.747 e. The van der Waals surface area contributed by atoms with Gasteiger partial charge in [-0.05, 0) is 42.5 Å². The van der Waals surface area contributed by atoms with E-state index >= 15 is 0 Å². The molecule has 0 spiro atoms. The summed E-state index contributed by atoms with van der Waals surface area (Å²) in [7, 11) is -10.5. The average Bonchev–Trinajstić information content (AvgIpc) is 3.23. The first-order valence-electron chi connectivity index (χ1n) is 15.9. The molecule has 0 aliphatic rings. The number of anilines is 1. The molecule has 4 aromatic carbocycles. The van der Waals surface area contributed by atoms with Crippen LogP contribution in [0.15, 0.2) is 89.7 Å². The molecular weight excluding hydrogens is 1040 g/mol. The van der Waals surface area contributed by atoms with Gasteiger partial charge in [-0.15, -0.1) is 24.0 Å². The Hall–Kier alpha value is -0.0400. The van der Waals surface area contributed by atoms with Crippen LogP contribution < -0.4 is 149 Å². The molecule has 0 heterocycles. The van der Waals surface area contributed by atoms with Gasteiger partial charge in [0.2, 0.25) is 0 Å². The van der Waals surface area contributed by atoms with Crippen molar-refractivity contribution in [3.8, 4) is 17.2 Å². The Morgan fingerprint density at radius 2 is 1.23 bits per heavy atom. The van der Waals surface area contributed by atoms with Crippen molar-refractivity contribution in [2.24, 2.45) is 20.5 Å². The first kappa shape index (κ1) is 65.0. The Kier molecular flexibility index (Phi) is 32.0. The van der Waals surface area contributed by atoms with E-state index in [1.807, 2.05) is 0 Å². The van der Waals surface area contributed by atoms with Crippen molar-refractivity contribution in [3.63, 3.8) is 0 Å². The van der Waals surface area contributed by atoms with Gasteiger partial charge in [0.05, 0.1) is 72.1 Å². The number of ether oxygens (including phenoxy) is 2. The quantitative estimate of drug-likeness (QED) is 0.0112. The molecule has 2 N–H and O–H groups in total. The van der Waals surface area contributed by atoms with Crippen molar-refractivity contribution in [1.29, 1.82) is 0 Å². The maximum Gasteiger partial charge on any atom is 1.00 e. The first-order valence-corrected chi connectivity index (χ1v) is 22.8. The van der Waals surface area contributed by atoms with E-state index in [0.717, 1.165) is 12.1 Å². The number of phenolic OH excluding ortho intramolecular Hbond substituents is 1. The Bertz CT molecular complexity index is 2540. The number of methoxy groups -OCH3 is 2. The van der Waals surface area contributed by atoms with E-state index in [9.17, 15) is 50.7 Å². The second kappa shape index (κ2) is 32.0. The van der Waals surface area contributed by atoms with Gasteiger partial charge in [0.1, 0.15) is 49.5 Å². The Labute approximate surface area is 471 Å². The van der Waals surface area contributed by atoms with E-state index in [0.29, 0.717) is 0 Å². The number of benzene rings is 4. The molecule has 0 aromatic heterocycles. The number of azo groups is 2. The molecule has 0 aliphatic carbocycles. The third-order valence-electron chi connectivity index (χ3n) is 7.39. The standard InChI is InChI=1S/C29H31N5O21S6.4Na/c1-46-23-15-26(60(41,42)12-10-49-58-55-52-38)24(47-2)14-22(23)32-34-28-25(56-53-50-36)13-20-19(29(28)35)7-8-21(30-16-61(43,44)45)27(20)33-31-17-3-5-18(6-4-17)59(39,40)11-9-48-57-54-51-37;;;;/h3-8,13-15,30,35-38H,9-12,16H2,1-2H3,(H,43,44,45);;;;/q;4*+1/p-4. The van der Waals surface area contributed by atoms with E-state index < -0.39 is 59.5 Å². The van der Waals surface area contributed by atoms with Crippen LogP contribution in [0.1, 0.15) is 0 Å². The Balaban J connectivity index is 0.0000102. The zero-order chi connectivity index (χ0) is 44.6. The number of phenols is 1. The molecule has 0 saturated heterocycles. The minimum atomic E-state index is -4.84. The van der Waals surface area contributed by atoms with Gasteiger partial charge in [0.15, 0.2) is 50.1 Å². The summed E-state index contributed by atoms with van der Waals surface area (Å²) in [6.45, 7) is -0.801. The van der Waals surface area contributed by atoms with Crippen LogP contribution in [0.4, 0.5) is 28.4 Å². The summed E-state index contributed by atoms with van der Waals surface area (Å²) in [6, 6.07) is 11.0. The number of aromatic hydroxyl groups is 1. The normalized spacial score (nSPS) is 11.7. The monoisotopic (exact) mass is 1060 g/mol. The molecule has 0 radical (unpaired) electrons.